The van der Waals surface area contributed by atoms with Crippen LogP contribution >= 0.6 is 0 Å². The molecule has 4 rings (SSSR count). The molecule has 0 spiro atoms. The third-order valence-corrected chi connectivity index (χ3v) is 7.82. The summed E-state index contributed by atoms with van der Waals surface area (Å²) in [6.45, 7) is 8.78. The molecule has 10 nitrogen and oxygen atoms in total. The number of nitrogens with zero attached hydrogens (tertiary/aromatic N) is 3. The molecule has 2 N–H and O–H groups in total. The third-order valence-electron chi connectivity index (χ3n) is 7.82. The SMILES string of the molecule is COc1cnn(C)c(=O)c1-c1ccc(C(C)(NC(=O)C(C(C)C)n2c(C)cc(C(=O)c3ccccc3)c2C)C(=O)O)cc1. The Kier molecular flexibility index (Phi) is 8.70. The highest BCUT2D eigenvalue weighted by atomic mass is 16.5. The molecule has 2 aromatic heterocycles. The minimum Gasteiger partial charge on any atom is -0.494 e. The van der Waals surface area contributed by atoms with Gasteiger partial charge in [0.15, 0.2) is 17.1 Å². The Hall–Kier alpha value is -4.99. The second kappa shape index (κ2) is 12.1. The number of carbonyl (C=O) groups is 3. The van der Waals surface area contributed by atoms with Gasteiger partial charge in [0.25, 0.3) is 5.56 Å². The van der Waals surface area contributed by atoms with Crippen molar-refractivity contribution in [1.29, 1.82) is 0 Å². The topological polar surface area (TPSA) is 133 Å². The van der Waals surface area contributed by atoms with Gasteiger partial charge in [-0.25, -0.2) is 9.48 Å². The quantitative estimate of drug-likeness (QED) is 0.264. The number of benzene rings is 2. The van der Waals surface area contributed by atoms with Crippen LogP contribution in [0.2, 0.25) is 0 Å². The molecule has 0 fully saturated rings. The molecule has 0 saturated carbocycles. The summed E-state index contributed by atoms with van der Waals surface area (Å²) in [5.74, 6) is -1.87. The van der Waals surface area contributed by atoms with E-state index < -0.39 is 23.5 Å². The van der Waals surface area contributed by atoms with Gasteiger partial charge in [-0.15, -0.1) is 0 Å². The van der Waals surface area contributed by atoms with Gasteiger partial charge < -0.3 is 19.7 Å². The molecular weight excluding hydrogens is 548 g/mol. The summed E-state index contributed by atoms with van der Waals surface area (Å²) in [5, 5.41) is 17.1. The molecule has 0 bridgehead atoms. The molecule has 0 aliphatic rings. The number of ether oxygens (including phenoxy) is 1. The summed E-state index contributed by atoms with van der Waals surface area (Å²) in [5.41, 5.74) is 1.29. The smallest absolute Gasteiger partial charge is 0.333 e. The fourth-order valence-corrected chi connectivity index (χ4v) is 5.38. The Morgan fingerprint density at radius 1 is 1.02 bits per heavy atom. The number of carboxylic acid groups (broad SMARTS) is 1. The maximum atomic E-state index is 13.9. The van der Waals surface area contributed by atoms with E-state index in [1.165, 1.54) is 32.0 Å². The van der Waals surface area contributed by atoms with E-state index in [1.807, 2.05) is 26.8 Å². The molecule has 1 amide bonds. The first-order chi connectivity index (χ1) is 20.3. The lowest BCUT2D eigenvalue weighted by Gasteiger charge is -2.32. The van der Waals surface area contributed by atoms with Crippen LogP contribution in [-0.2, 0) is 22.2 Å². The van der Waals surface area contributed by atoms with Crippen molar-refractivity contribution in [2.24, 2.45) is 13.0 Å². The lowest BCUT2D eigenvalue weighted by molar-refractivity contribution is -0.148. The molecule has 0 aliphatic carbocycles. The van der Waals surface area contributed by atoms with Gasteiger partial charge in [0.2, 0.25) is 5.91 Å². The number of ketones is 1. The zero-order chi connectivity index (χ0) is 31.6. The van der Waals surface area contributed by atoms with Crippen LogP contribution in [0.5, 0.6) is 5.75 Å². The van der Waals surface area contributed by atoms with Crippen molar-refractivity contribution in [3.8, 4) is 16.9 Å². The largest absolute Gasteiger partial charge is 0.494 e. The number of nitrogens with one attached hydrogen (secondary N) is 1. The zero-order valence-electron chi connectivity index (χ0n) is 25.3. The molecule has 0 saturated heterocycles. The van der Waals surface area contributed by atoms with Gasteiger partial charge >= 0.3 is 5.97 Å². The number of hydrogen-bond donors (Lipinski definition) is 2. The van der Waals surface area contributed by atoms with E-state index >= 15 is 0 Å². The highest BCUT2D eigenvalue weighted by molar-refractivity contribution is 6.10. The van der Waals surface area contributed by atoms with E-state index in [2.05, 4.69) is 10.4 Å². The van der Waals surface area contributed by atoms with Crippen molar-refractivity contribution in [3.63, 3.8) is 0 Å². The first kappa shape index (κ1) is 31.0. The number of carboxylic acids is 1. The number of aliphatic carboxylic acids is 1. The molecule has 0 radical (unpaired) electrons. The van der Waals surface area contributed by atoms with E-state index in [4.69, 9.17) is 4.74 Å². The number of aromatic nitrogens is 3. The summed E-state index contributed by atoms with van der Waals surface area (Å²) < 4.78 is 8.31. The fraction of sp³-hybridized carbons (Fsp3) is 0.303. The molecule has 2 aromatic carbocycles. The van der Waals surface area contributed by atoms with E-state index in [0.717, 1.165) is 0 Å². The lowest BCUT2D eigenvalue weighted by Crippen LogP contribution is -2.52. The third kappa shape index (κ3) is 5.73. The predicted octanol–water partition coefficient (Wildman–Crippen LogP) is 4.42. The van der Waals surface area contributed by atoms with Crippen molar-refractivity contribution in [1.82, 2.24) is 19.7 Å². The number of aryl methyl sites for hydroxylation is 2. The maximum absolute atomic E-state index is 13.9. The molecule has 0 aliphatic heterocycles. The summed E-state index contributed by atoms with van der Waals surface area (Å²) in [6, 6.07) is 16.2. The second-order valence-electron chi connectivity index (χ2n) is 11.1. The highest BCUT2D eigenvalue weighted by Crippen LogP contribution is 2.32. The van der Waals surface area contributed by atoms with E-state index in [0.29, 0.717) is 33.6 Å². The number of rotatable bonds is 10. The van der Waals surface area contributed by atoms with E-state index in [9.17, 15) is 24.3 Å². The normalized spacial score (nSPS) is 13.3. The standard InChI is InChI=1S/C33H36N4O6/c1-19(2)28(37-20(3)17-25(21(37)4)29(38)23-11-9-8-10-12-23)30(39)35-33(5,32(41)42)24-15-13-22(14-16-24)27-26(43-7)18-34-36(6)31(27)40/h8-19,28H,1-7H3,(H,35,39)(H,41,42). The highest BCUT2D eigenvalue weighted by Gasteiger charge is 2.40. The number of amides is 1. The molecule has 224 valence electrons. The summed E-state index contributed by atoms with van der Waals surface area (Å²) in [7, 11) is 2.96. The molecule has 2 heterocycles. The molecule has 2 unspecified atom stereocenters. The molecular formula is C33H36N4O6. The minimum atomic E-state index is -1.80. The van der Waals surface area contributed by atoms with Crippen LogP contribution in [0.25, 0.3) is 11.1 Å². The molecule has 10 heteroatoms. The van der Waals surface area contributed by atoms with Gasteiger partial charge in [-0.3, -0.25) is 14.4 Å². The average Bonchev–Trinajstić information content (AvgIpc) is 3.27. The van der Waals surface area contributed by atoms with Gasteiger partial charge in [-0.2, -0.15) is 5.10 Å². The summed E-state index contributed by atoms with van der Waals surface area (Å²) in [6.07, 6.45) is 1.43. The van der Waals surface area contributed by atoms with E-state index in [-0.39, 0.29) is 28.6 Å². The number of carbonyl (C=O) groups excluding carboxylic acids is 2. The van der Waals surface area contributed by atoms with Crippen molar-refractivity contribution in [2.75, 3.05) is 7.11 Å². The van der Waals surface area contributed by atoms with Crippen LogP contribution in [-0.4, -0.2) is 44.2 Å². The van der Waals surface area contributed by atoms with Gasteiger partial charge in [-0.05, 0) is 43.9 Å². The minimum absolute atomic E-state index is 0.154. The van der Waals surface area contributed by atoms with Crippen molar-refractivity contribution in [3.05, 3.63) is 105 Å². The Bertz CT molecular complexity index is 1740. The monoisotopic (exact) mass is 584 g/mol. The summed E-state index contributed by atoms with van der Waals surface area (Å²) >= 11 is 0. The predicted molar refractivity (Wildman–Crippen MR) is 162 cm³/mol. The van der Waals surface area contributed by atoms with Crippen molar-refractivity contribution < 1.29 is 24.2 Å². The first-order valence-electron chi connectivity index (χ1n) is 13.9. The second-order valence-corrected chi connectivity index (χ2v) is 11.1. The van der Waals surface area contributed by atoms with Gasteiger partial charge in [-0.1, -0.05) is 68.4 Å². The summed E-state index contributed by atoms with van der Waals surface area (Å²) in [4.78, 5) is 52.7. The van der Waals surface area contributed by atoms with Crippen molar-refractivity contribution >= 4 is 17.7 Å². The van der Waals surface area contributed by atoms with Crippen LogP contribution in [0.3, 0.4) is 0 Å². The Morgan fingerprint density at radius 2 is 1.65 bits per heavy atom. The zero-order valence-corrected chi connectivity index (χ0v) is 25.3. The Morgan fingerprint density at radius 3 is 2.21 bits per heavy atom. The van der Waals surface area contributed by atoms with Crippen LogP contribution in [0.4, 0.5) is 0 Å². The molecule has 4 aromatic rings. The van der Waals surface area contributed by atoms with Crippen LogP contribution in [0.1, 0.15) is 59.7 Å². The van der Waals surface area contributed by atoms with E-state index in [1.54, 1.807) is 66.1 Å². The lowest BCUT2D eigenvalue weighted by atomic mass is 9.89. The molecule has 43 heavy (non-hydrogen) atoms. The Balaban J connectivity index is 1.70. The number of hydrogen-bond acceptors (Lipinski definition) is 6. The Labute approximate surface area is 249 Å². The van der Waals surface area contributed by atoms with Gasteiger partial charge in [0.05, 0.1) is 18.9 Å². The van der Waals surface area contributed by atoms with Crippen LogP contribution in [0.15, 0.2) is 71.7 Å². The van der Waals surface area contributed by atoms with Crippen LogP contribution < -0.4 is 15.6 Å². The van der Waals surface area contributed by atoms with Gasteiger partial charge in [0.1, 0.15) is 6.04 Å². The van der Waals surface area contributed by atoms with Crippen molar-refractivity contribution in [2.45, 2.75) is 46.2 Å². The van der Waals surface area contributed by atoms with Crippen LogP contribution in [0, 0.1) is 19.8 Å². The fourth-order valence-electron chi connectivity index (χ4n) is 5.38. The molecule has 2 atom stereocenters. The van der Waals surface area contributed by atoms with Gasteiger partial charge in [0, 0.05) is 29.6 Å². The first-order valence-corrected chi connectivity index (χ1v) is 13.9. The number of methoxy groups -OCH3 is 1. The average molecular weight is 585 g/mol. The maximum Gasteiger partial charge on any atom is 0.333 e.